The molecule has 0 saturated carbocycles. The molecule has 4 nitrogen and oxygen atoms in total. The molecule has 0 aromatic carbocycles. The molecule has 0 rings (SSSR count). The van der Waals surface area contributed by atoms with Gasteiger partial charge in [0.25, 0.3) is 0 Å². The van der Waals surface area contributed by atoms with E-state index in [1.54, 1.807) is 0 Å². The van der Waals surface area contributed by atoms with Crippen LogP contribution in [-0.2, 0) is 4.79 Å². The Morgan fingerprint density at radius 3 is 2.33 bits per heavy atom. The summed E-state index contributed by atoms with van der Waals surface area (Å²) in [5.74, 6) is -0.992. The van der Waals surface area contributed by atoms with Gasteiger partial charge in [-0.1, -0.05) is 0 Å². The lowest BCUT2D eigenvalue weighted by Crippen LogP contribution is -2.42. The Hall–Kier alpha value is -0.610. The Morgan fingerprint density at radius 2 is 2.22 bits per heavy atom. The van der Waals surface area contributed by atoms with Crippen LogP contribution >= 0.6 is 0 Å². The average molecular weight is 133 g/mol. The highest BCUT2D eigenvalue weighted by molar-refractivity contribution is 5.68. The van der Waals surface area contributed by atoms with Crippen LogP contribution in [0.1, 0.15) is 13.3 Å². The lowest BCUT2D eigenvalue weighted by molar-refractivity contribution is -0.138. The molecule has 0 unspecified atom stereocenters. The first kappa shape index (κ1) is 8.39. The van der Waals surface area contributed by atoms with Gasteiger partial charge in [0.15, 0.2) is 0 Å². The zero-order chi connectivity index (χ0) is 7.49. The molecular weight excluding hydrogens is 122 g/mol. The van der Waals surface area contributed by atoms with E-state index in [2.05, 4.69) is 0 Å². The van der Waals surface area contributed by atoms with Gasteiger partial charge in [0, 0.05) is 5.54 Å². The van der Waals surface area contributed by atoms with Crippen molar-refractivity contribution in [3.05, 3.63) is 0 Å². The molecule has 0 fully saturated rings. The molecule has 1 atom stereocenters. The molecular formula is C5H11NO3. The van der Waals surface area contributed by atoms with Crippen molar-refractivity contribution in [2.45, 2.75) is 18.9 Å². The molecule has 0 spiro atoms. The predicted molar refractivity (Wildman–Crippen MR) is 31.9 cm³/mol. The molecule has 0 saturated heterocycles. The number of carbonyl (C=O) groups is 1. The van der Waals surface area contributed by atoms with Gasteiger partial charge in [0.1, 0.15) is 0 Å². The Kier molecular flexibility index (Phi) is 2.61. The van der Waals surface area contributed by atoms with Gasteiger partial charge >= 0.3 is 5.97 Å². The number of carboxylic acid groups (broad SMARTS) is 1. The first-order valence-electron chi connectivity index (χ1n) is 2.59. The van der Waals surface area contributed by atoms with Crippen LogP contribution in [0.15, 0.2) is 0 Å². The van der Waals surface area contributed by atoms with Crippen LogP contribution in [0.25, 0.3) is 0 Å². The number of aliphatic hydroxyl groups is 1. The Labute approximate surface area is 53.3 Å². The second-order valence-corrected chi connectivity index (χ2v) is 2.38. The summed E-state index contributed by atoms with van der Waals surface area (Å²) in [5.41, 5.74) is 4.31. The molecule has 0 bridgehead atoms. The summed E-state index contributed by atoms with van der Waals surface area (Å²) in [4.78, 5) is 9.98. The molecule has 4 heteroatoms. The van der Waals surface area contributed by atoms with Crippen LogP contribution in [0.3, 0.4) is 0 Å². The number of aliphatic carboxylic acids is 1. The maximum atomic E-state index is 9.98. The largest absolute Gasteiger partial charge is 0.481 e. The van der Waals surface area contributed by atoms with Crippen molar-refractivity contribution in [1.82, 2.24) is 0 Å². The number of hydrogen-bond donors (Lipinski definition) is 3. The third-order valence-electron chi connectivity index (χ3n) is 0.916. The van der Waals surface area contributed by atoms with Gasteiger partial charge in [-0.05, 0) is 6.92 Å². The maximum Gasteiger partial charge on any atom is 0.305 e. The first-order valence-corrected chi connectivity index (χ1v) is 2.59. The van der Waals surface area contributed by atoms with E-state index in [9.17, 15) is 4.79 Å². The zero-order valence-electron chi connectivity index (χ0n) is 5.29. The van der Waals surface area contributed by atoms with Crippen molar-refractivity contribution in [1.29, 1.82) is 0 Å². The topological polar surface area (TPSA) is 83.5 Å². The van der Waals surface area contributed by atoms with Crippen molar-refractivity contribution in [2.75, 3.05) is 6.61 Å². The molecule has 0 amide bonds. The van der Waals surface area contributed by atoms with Crippen LogP contribution in [0.2, 0.25) is 0 Å². The van der Waals surface area contributed by atoms with Crippen LogP contribution in [0.5, 0.6) is 0 Å². The SMILES string of the molecule is C[C@@](N)(CO)CC(=O)O. The monoisotopic (exact) mass is 133 g/mol. The van der Waals surface area contributed by atoms with Gasteiger partial charge in [-0.15, -0.1) is 0 Å². The van der Waals surface area contributed by atoms with Crippen molar-refractivity contribution >= 4 is 5.97 Å². The van der Waals surface area contributed by atoms with E-state index >= 15 is 0 Å². The highest BCUT2D eigenvalue weighted by atomic mass is 16.4. The minimum absolute atomic E-state index is 0.205. The summed E-state index contributed by atoms with van der Waals surface area (Å²) in [7, 11) is 0. The number of hydrogen-bond acceptors (Lipinski definition) is 3. The predicted octanol–water partition coefficient (Wildman–Crippen LogP) is -0.829. The van der Waals surface area contributed by atoms with Crippen LogP contribution in [-0.4, -0.2) is 28.3 Å². The molecule has 0 radical (unpaired) electrons. The molecule has 0 aliphatic heterocycles. The molecule has 0 aliphatic carbocycles. The second-order valence-electron chi connectivity index (χ2n) is 2.38. The summed E-state index contributed by atoms with van der Waals surface area (Å²) < 4.78 is 0. The highest BCUT2D eigenvalue weighted by Gasteiger charge is 2.20. The Balaban J connectivity index is 3.71. The average Bonchev–Trinajstić information content (AvgIpc) is 1.63. The minimum Gasteiger partial charge on any atom is -0.481 e. The summed E-state index contributed by atoms with van der Waals surface area (Å²) in [6.07, 6.45) is -0.205. The normalized spacial score (nSPS) is 16.8. The molecule has 0 heterocycles. The van der Waals surface area contributed by atoms with E-state index in [1.165, 1.54) is 6.92 Å². The van der Waals surface area contributed by atoms with Gasteiger partial charge in [-0.2, -0.15) is 0 Å². The smallest absolute Gasteiger partial charge is 0.305 e. The number of carboxylic acids is 1. The Bertz CT molecular complexity index is 111. The van der Waals surface area contributed by atoms with E-state index < -0.39 is 11.5 Å². The third kappa shape index (κ3) is 3.93. The lowest BCUT2D eigenvalue weighted by Gasteiger charge is -2.17. The van der Waals surface area contributed by atoms with Crippen LogP contribution < -0.4 is 5.73 Å². The molecule has 0 aromatic heterocycles. The highest BCUT2D eigenvalue weighted by Crippen LogP contribution is 2.02. The second kappa shape index (κ2) is 2.80. The van der Waals surface area contributed by atoms with Gasteiger partial charge in [0.2, 0.25) is 0 Å². The summed E-state index contributed by atoms with van der Waals surface area (Å²) in [5, 5.41) is 16.6. The fourth-order valence-corrected chi connectivity index (χ4v) is 0.401. The van der Waals surface area contributed by atoms with E-state index in [0.717, 1.165) is 0 Å². The fraction of sp³-hybridized carbons (Fsp3) is 0.800. The number of nitrogens with two attached hydrogens (primary N) is 1. The zero-order valence-corrected chi connectivity index (χ0v) is 5.29. The van der Waals surface area contributed by atoms with Gasteiger partial charge in [-0.3, -0.25) is 4.79 Å². The van der Waals surface area contributed by atoms with E-state index in [-0.39, 0.29) is 13.0 Å². The van der Waals surface area contributed by atoms with Crippen molar-refractivity contribution in [3.63, 3.8) is 0 Å². The number of rotatable bonds is 3. The summed E-state index contributed by atoms with van der Waals surface area (Å²) in [6, 6.07) is 0. The van der Waals surface area contributed by atoms with Crippen molar-refractivity contribution < 1.29 is 15.0 Å². The number of aliphatic hydroxyl groups excluding tert-OH is 1. The molecule has 54 valence electrons. The summed E-state index contributed by atoms with van der Waals surface area (Å²) in [6.45, 7) is 1.18. The van der Waals surface area contributed by atoms with Crippen LogP contribution in [0.4, 0.5) is 0 Å². The first-order chi connectivity index (χ1) is 3.98. The standard InChI is InChI=1S/C5H11NO3/c1-5(6,3-7)2-4(8)9/h7H,2-3,6H2,1H3,(H,8,9)/t5-/m0/s1. The third-order valence-corrected chi connectivity index (χ3v) is 0.916. The molecule has 4 N–H and O–H groups in total. The minimum atomic E-state index is -0.992. The quantitative estimate of drug-likeness (QED) is 0.469. The summed E-state index contributed by atoms with van der Waals surface area (Å²) >= 11 is 0. The van der Waals surface area contributed by atoms with Crippen molar-refractivity contribution in [2.24, 2.45) is 5.73 Å². The molecule has 9 heavy (non-hydrogen) atoms. The van der Waals surface area contributed by atoms with Gasteiger partial charge < -0.3 is 15.9 Å². The van der Waals surface area contributed by atoms with Crippen LogP contribution in [0, 0.1) is 0 Å². The van der Waals surface area contributed by atoms with E-state index in [0.29, 0.717) is 0 Å². The van der Waals surface area contributed by atoms with E-state index in [1.807, 2.05) is 0 Å². The fourth-order valence-electron chi connectivity index (χ4n) is 0.401. The Morgan fingerprint density at radius 1 is 1.78 bits per heavy atom. The lowest BCUT2D eigenvalue weighted by atomic mass is 10.0. The van der Waals surface area contributed by atoms with Gasteiger partial charge in [0.05, 0.1) is 13.0 Å². The molecule has 0 aliphatic rings. The van der Waals surface area contributed by atoms with Gasteiger partial charge in [-0.25, -0.2) is 0 Å². The van der Waals surface area contributed by atoms with E-state index in [4.69, 9.17) is 15.9 Å². The molecule has 0 aromatic rings. The maximum absolute atomic E-state index is 9.98. The van der Waals surface area contributed by atoms with Crippen molar-refractivity contribution in [3.8, 4) is 0 Å².